The van der Waals surface area contributed by atoms with Crippen LogP contribution in [0.25, 0.3) is 65.4 Å². The Kier molecular flexibility index (Phi) is 2.56. The highest BCUT2D eigenvalue weighted by atomic mass is 16.3. The molecule has 38 heavy (non-hydrogen) atoms. The van der Waals surface area contributed by atoms with E-state index in [9.17, 15) is 5.48 Å². The summed E-state index contributed by atoms with van der Waals surface area (Å²) in [6.07, 6.45) is -0.440. The van der Waals surface area contributed by atoms with Gasteiger partial charge in [-0.2, -0.15) is 0 Å². The largest absolute Gasteiger partial charge is 0.455 e. The van der Waals surface area contributed by atoms with Gasteiger partial charge in [0.2, 0.25) is 0 Å². The van der Waals surface area contributed by atoms with Crippen molar-refractivity contribution in [3.05, 3.63) is 144 Å². The molecule has 1 heterocycles. The maximum atomic E-state index is 9.24. The summed E-state index contributed by atoms with van der Waals surface area (Å²) in [5.41, 5.74) is 1.29. The molecule has 0 saturated heterocycles. The van der Waals surface area contributed by atoms with Gasteiger partial charge in [0.1, 0.15) is 11.2 Å². The van der Waals surface area contributed by atoms with Crippen molar-refractivity contribution in [1.82, 2.24) is 0 Å². The third-order valence-electron chi connectivity index (χ3n) is 6.98. The molecule has 8 rings (SSSR count). The third kappa shape index (κ3) is 3.12. The number of benzene rings is 7. The Labute approximate surface area is 240 Å². The molecule has 0 aliphatic carbocycles. The number of hydrogen-bond donors (Lipinski definition) is 0. The molecule has 178 valence electrons. The first-order valence-corrected chi connectivity index (χ1v) is 12.0. The third-order valence-corrected chi connectivity index (χ3v) is 6.98. The fraction of sp³-hybridized carbons (Fsp3) is 0.0270. The topological polar surface area (TPSA) is 13.1 Å². The van der Waals surface area contributed by atoms with E-state index in [4.69, 9.17) is 18.1 Å². The van der Waals surface area contributed by atoms with Crippen molar-refractivity contribution >= 4 is 54.3 Å². The minimum atomic E-state index is -0.605. The lowest BCUT2D eigenvalue weighted by Gasteiger charge is -2.18. The van der Waals surface area contributed by atoms with Gasteiger partial charge in [-0.1, -0.05) is 127 Å². The Morgan fingerprint density at radius 3 is 2.03 bits per heavy atom. The van der Waals surface area contributed by atoms with Crippen LogP contribution < -0.4 is 0 Å². The quantitative estimate of drug-likeness (QED) is 0.221. The summed E-state index contributed by atoms with van der Waals surface area (Å²) in [6, 6.07) is 6.51. The van der Waals surface area contributed by atoms with E-state index >= 15 is 0 Å². The van der Waals surface area contributed by atoms with Crippen LogP contribution in [0, 0.1) is 0 Å². The normalized spacial score (nSPS) is 16.9. The minimum absolute atomic E-state index is 0.00414. The van der Waals surface area contributed by atoms with E-state index < -0.39 is 85.0 Å². The van der Waals surface area contributed by atoms with E-state index in [1.165, 1.54) is 6.07 Å². The van der Waals surface area contributed by atoms with Gasteiger partial charge in [0.05, 0.1) is 19.2 Å². The second kappa shape index (κ2) is 8.33. The Balaban J connectivity index is 1.65. The lowest BCUT2D eigenvalue weighted by molar-refractivity contribution is 0.670. The van der Waals surface area contributed by atoms with Crippen molar-refractivity contribution < 1.29 is 23.6 Å². The molecule has 0 aliphatic heterocycles. The SMILES string of the molecule is [2H]c1cc2c(Cc3c4c([2H])c([2H])c([2H])c([2H])c4c(-c4cccc5c4oc4ccccc45)c4c([2H])c([2H])c([2H])c([2H])c34)c([2H])c([2H])c([2H])c2c([2H])c1[2H]. The van der Waals surface area contributed by atoms with Crippen LogP contribution >= 0.6 is 0 Å². The molecule has 0 radical (unpaired) electrons. The van der Waals surface area contributed by atoms with Crippen molar-refractivity contribution in [3.8, 4) is 11.1 Å². The van der Waals surface area contributed by atoms with Crippen LogP contribution in [0.4, 0.5) is 0 Å². The van der Waals surface area contributed by atoms with Gasteiger partial charge in [-0.3, -0.25) is 0 Å². The zero-order valence-electron chi connectivity index (χ0n) is 33.7. The average Bonchev–Trinajstić information content (AvgIpc) is 3.52. The number of rotatable bonds is 3. The molecule has 1 nitrogen and oxygen atoms in total. The first-order chi connectivity index (χ1) is 24.7. The van der Waals surface area contributed by atoms with Crippen molar-refractivity contribution in [2.45, 2.75) is 6.42 Å². The summed E-state index contributed by atoms with van der Waals surface area (Å²) in [5, 5.41) is 1.05. The van der Waals surface area contributed by atoms with Gasteiger partial charge in [-0.15, -0.1) is 0 Å². The summed E-state index contributed by atoms with van der Waals surface area (Å²) in [5.74, 6) is 0. The van der Waals surface area contributed by atoms with Crippen LogP contribution in [0.15, 0.2) is 138 Å². The Morgan fingerprint density at radius 2 is 1.21 bits per heavy atom. The van der Waals surface area contributed by atoms with Crippen LogP contribution in [0.3, 0.4) is 0 Å². The zero-order chi connectivity index (χ0) is 37.2. The van der Waals surface area contributed by atoms with Crippen LogP contribution in [-0.4, -0.2) is 0 Å². The molecule has 8 aromatic rings. The van der Waals surface area contributed by atoms with E-state index in [1.807, 2.05) is 18.2 Å². The number of furan rings is 1. The summed E-state index contributed by atoms with van der Waals surface area (Å²) >= 11 is 0. The van der Waals surface area contributed by atoms with Gasteiger partial charge in [0.25, 0.3) is 0 Å². The van der Waals surface area contributed by atoms with Gasteiger partial charge in [0, 0.05) is 21.9 Å². The van der Waals surface area contributed by atoms with E-state index in [0.717, 1.165) is 5.39 Å². The monoisotopic (exact) mass is 498 g/mol. The molecular formula is C37H24O. The van der Waals surface area contributed by atoms with Gasteiger partial charge in [-0.25, -0.2) is 0 Å². The average molecular weight is 499 g/mol. The van der Waals surface area contributed by atoms with Gasteiger partial charge in [-0.05, 0) is 55.9 Å². The maximum Gasteiger partial charge on any atom is 0.143 e. The first kappa shape index (κ1) is 11.7. The predicted molar refractivity (Wildman–Crippen MR) is 161 cm³/mol. The van der Waals surface area contributed by atoms with Crippen molar-refractivity contribution in [3.63, 3.8) is 0 Å². The molecular weight excluding hydrogens is 460 g/mol. The van der Waals surface area contributed by atoms with E-state index in [1.54, 1.807) is 24.3 Å². The van der Waals surface area contributed by atoms with E-state index in [2.05, 4.69) is 0 Å². The summed E-state index contributed by atoms with van der Waals surface area (Å²) < 4.78 is 129. The number of fused-ring (bicyclic) bond motifs is 6. The molecule has 0 atom stereocenters. The number of para-hydroxylation sites is 2. The fourth-order valence-corrected chi connectivity index (χ4v) is 5.33. The highest BCUT2D eigenvalue weighted by Gasteiger charge is 2.19. The smallest absolute Gasteiger partial charge is 0.143 e. The molecule has 7 aromatic carbocycles. The molecule has 0 bridgehead atoms. The molecule has 1 heteroatoms. The van der Waals surface area contributed by atoms with Gasteiger partial charge < -0.3 is 4.42 Å². The van der Waals surface area contributed by atoms with Gasteiger partial charge >= 0.3 is 0 Å². The van der Waals surface area contributed by atoms with Crippen molar-refractivity contribution in [1.29, 1.82) is 0 Å². The van der Waals surface area contributed by atoms with Crippen molar-refractivity contribution in [2.75, 3.05) is 0 Å². The van der Waals surface area contributed by atoms with Crippen LogP contribution in [-0.2, 0) is 6.42 Å². The zero-order valence-corrected chi connectivity index (χ0v) is 19.7. The molecule has 0 N–H and O–H groups in total. The lowest BCUT2D eigenvalue weighted by Crippen LogP contribution is -1.96. The summed E-state index contributed by atoms with van der Waals surface area (Å²) in [7, 11) is 0. The molecule has 0 aliphatic rings. The second-order valence-corrected chi connectivity index (χ2v) is 8.99. The first-order valence-electron chi connectivity index (χ1n) is 19.0. The van der Waals surface area contributed by atoms with E-state index in [0.29, 0.717) is 22.1 Å². The molecule has 0 spiro atoms. The highest BCUT2D eigenvalue weighted by molar-refractivity contribution is 6.20. The fourth-order valence-electron chi connectivity index (χ4n) is 5.33. The predicted octanol–water partition coefficient (Wildman–Crippen LogP) is 10.3. The molecule has 0 saturated carbocycles. The van der Waals surface area contributed by atoms with Crippen LogP contribution in [0.1, 0.15) is 30.3 Å². The second-order valence-electron chi connectivity index (χ2n) is 8.99. The minimum Gasteiger partial charge on any atom is -0.455 e. The van der Waals surface area contributed by atoms with E-state index in [-0.39, 0.29) is 55.1 Å². The maximum absolute atomic E-state index is 9.24. The Bertz CT molecular complexity index is 2840. The Hall–Kier alpha value is -4.88. The summed E-state index contributed by atoms with van der Waals surface area (Å²) in [6.45, 7) is 0. The van der Waals surface area contributed by atoms with Gasteiger partial charge in [0.15, 0.2) is 0 Å². The standard InChI is InChI=1S/C37H24O/c1-2-14-26-24(11-1)12-9-13-25(26)23-34-27-15-3-5-18-30(27)36(31-19-6-4-16-28(31)34)33-21-10-20-32-29-17-7-8-22-35(29)38-37(32)33/h1-22H,23H2/i1D,2D,3D,4D,5D,6D,9D,11D,12D,13D,15D,16D,18D,19D. The van der Waals surface area contributed by atoms with Crippen molar-refractivity contribution in [2.24, 2.45) is 0 Å². The molecule has 1 aromatic heterocycles. The van der Waals surface area contributed by atoms with Crippen LogP contribution in [0.2, 0.25) is 0 Å². The lowest BCUT2D eigenvalue weighted by atomic mass is 9.85. The van der Waals surface area contributed by atoms with Crippen LogP contribution in [0.5, 0.6) is 0 Å². The Morgan fingerprint density at radius 1 is 0.526 bits per heavy atom. The molecule has 0 unspecified atom stereocenters. The molecule has 0 amide bonds. The summed E-state index contributed by atoms with van der Waals surface area (Å²) in [4.78, 5) is 0. The number of hydrogen-bond acceptors (Lipinski definition) is 1. The molecule has 0 fully saturated rings. The highest BCUT2D eigenvalue weighted by Crippen LogP contribution is 2.44.